The standard InChI is InChI=1S/C19H18F2N2OS/c20-19(21)25-17-10-4-3-9-16(17)23-18(24)11-5-6-13-12-22-15-8-2-1-7-14(13)15/h1-4,7-10,12,19,22H,5-6,11H2,(H,23,24). The summed E-state index contributed by atoms with van der Waals surface area (Å²) >= 11 is 0.438. The van der Waals surface area contributed by atoms with Crippen molar-refractivity contribution in [3.63, 3.8) is 0 Å². The number of aromatic nitrogens is 1. The summed E-state index contributed by atoms with van der Waals surface area (Å²) in [5.74, 6) is -2.68. The first kappa shape index (κ1) is 17.5. The van der Waals surface area contributed by atoms with Crippen LogP contribution in [0.15, 0.2) is 59.6 Å². The Bertz CT molecular complexity index is 863. The van der Waals surface area contributed by atoms with Crippen LogP contribution >= 0.6 is 11.8 Å². The van der Waals surface area contributed by atoms with Crippen LogP contribution in [0.5, 0.6) is 0 Å². The van der Waals surface area contributed by atoms with E-state index in [2.05, 4.69) is 16.4 Å². The molecule has 0 aliphatic carbocycles. The van der Waals surface area contributed by atoms with E-state index in [-0.39, 0.29) is 5.91 Å². The molecular weight excluding hydrogens is 342 g/mol. The fourth-order valence-corrected chi connectivity index (χ4v) is 3.35. The molecular formula is C19H18F2N2OS. The summed E-state index contributed by atoms with van der Waals surface area (Å²) in [5, 5.41) is 3.90. The minimum Gasteiger partial charge on any atom is -0.361 e. The lowest BCUT2D eigenvalue weighted by molar-refractivity contribution is -0.116. The van der Waals surface area contributed by atoms with E-state index in [1.54, 1.807) is 24.3 Å². The Balaban J connectivity index is 1.55. The van der Waals surface area contributed by atoms with Crippen LogP contribution in [0.4, 0.5) is 14.5 Å². The van der Waals surface area contributed by atoms with Gasteiger partial charge in [0.2, 0.25) is 5.91 Å². The molecule has 130 valence electrons. The number of aryl methyl sites for hydroxylation is 1. The van der Waals surface area contributed by atoms with E-state index >= 15 is 0 Å². The van der Waals surface area contributed by atoms with Crippen LogP contribution in [0, 0.1) is 0 Å². The Morgan fingerprint density at radius 1 is 1.12 bits per heavy atom. The summed E-state index contributed by atoms with van der Waals surface area (Å²) in [5.41, 5.74) is 2.70. The smallest absolute Gasteiger partial charge is 0.288 e. The lowest BCUT2D eigenvalue weighted by Crippen LogP contribution is -2.12. The second kappa shape index (κ2) is 8.16. The van der Waals surface area contributed by atoms with Gasteiger partial charge >= 0.3 is 0 Å². The molecule has 0 bridgehead atoms. The van der Waals surface area contributed by atoms with E-state index in [0.717, 1.165) is 11.9 Å². The molecule has 0 aliphatic heterocycles. The number of hydrogen-bond donors (Lipinski definition) is 2. The van der Waals surface area contributed by atoms with Crippen LogP contribution < -0.4 is 5.32 Å². The van der Waals surface area contributed by atoms with E-state index in [9.17, 15) is 13.6 Å². The first-order chi connectivity index (χ1) is 12.1. The van der Waals surface area contributed by atoms with Crippen molar-refractivity contribution in [1.82, 2.24) is 4.98 Å². The van der Waals surface area contributed by atoms with E-state index in [1.807, 2.05) is 24.4 Å². The van der Waals surface area contributed by atoms with Crippen molar-refractivity contribution in [1.29, 1.82) is 0 Å². The molecule has 2 N–H and O–H groups in total. The highest BCUT2D eigenvalue weighted by Crippen LogP contribution is 2.31. The second-order valence-electron chi connectivity index (χ2n) is 5.64. The number of alkyl halides is 2. The highest BCUT2D eigenvalue weighted by Gasteiger charge is 2.12. The number of halogens is 2. The van der Waals surface area contributed by atoms with E-state index < -0.39 is 5.76 Å². The molecule has 0 atom stereocenters. The summed E-state index contributed by atoms with van der Waals surface area (Å²) in [7, 11) is 0. The molecule has 1 heterocycles. The molecule has 1 amide bonds. The number of para-hydroxylation sites is 2. The lowest BCUT2D eigenvalue weighted by Gasteiger charge is -2.10. The van der Waals surface area contributed by atoms with Crippen LogP contribution in [0.2, 0.25) is 0 Å². The van der Waals surface area contributed by atoms with Crippen LogP contribution in [0.25, 0.3) is 10.9 Å². The number of nitrogens with one attached hydrogen (secondary N) is 2. The molecule has 25 heavy (non-hydrogen) atoms. The van der Waals surface area contributed by atoms with Gasteiger partial charge < -0.3 is 10.3 Å². The molecule has 3 rings (SSSR count). The fraction of sp³-hybridized carbons (Fsp3) is 0.211. The van der Waals surface area contributed by atoms with Gasteiger partial charge in [0.15, 0.2) is 0 Å². The second-order valence-corrected chi connectivity index (χ2v) is 6.67. The van der Waals surface area contributed by atoms with Crippen molar-refractivity contribution >= 4 is 34.3 Å². The maximum Gasteiger partial charge on any atom is 0.288 e. The van der Waals surface area contributed by atoms with Gasteiger partial charge in [-0.3, -0.25) is 4.79 Å². The largest absolute Gasteiger partial charge is 0.361 e. The number of carbonyl (C=O) groups is 1. The van der Waals surface area contributed by atoms with Gasteiger partial charge in [-0.15, -0.1) is 0 Å². The van der Waals surface area contributed by atoms with Gasteiger partial charge in [-0.25, -0.2) is 0 Å². The van der Waals surface area contributed by atoms with Gasteiger partial charge in [-0.05, 0) is 36.6 Å². The van der Waals surface area contributed by atoms with Crippen molar-refractivity contribution in [3.05, 3.63) is 60.3 Å². The van der Waals surface area contributed by atoms with Gasteiger partial charge in [0.1, 0.15) is 0 Å². The summed E-state index contributed by atoms with van der Waals surface area (Å²) in [4.78, 5) is 15.7. The molecule has 3 aromatic rings. The fourth-order valence-electron chi connectivity index (χ4n) is 2.76. The number of amides is 1. The summed E-state index contributed by atoms with van der Waals surface area (Å²) < 4.78 is 25.1. The average molecular weight is 360 g/mol. The number of hydrogen-bond acceptors (Lipinski definition) is 2. The van der Waals surface area contributed by atoms with E-state index in [1.165, 1.54) is 10.9 Å². The normalized spacial score (nSPS) is 11.2. The Morgan fingerprint density at radius 3 is 2.72 bits per heavy atom. The first-order valence-electron chi connectivity index (χ1n) is 8.02. The topological polar surface area (TPSA) is 44.9 Å². The molecule has 0 spiro atoms. The zero-order valence-electron chi connectivity index (χ0n) is 13.5. The Labute approximate surface area is 148 Å². The van der Waals surface area contributed by atoms with Gasteiger partial charge in [0, 0.05) is 28.4 Å². The number of aromatic amines is 1. The maximum absolute atomic E-state index is 12.6. The Kier molecular flexibility index (Phi) is 5.71. The zero-order chi connectivity index (χ0) is 17.6. The predicted octanol–water partition coefficient (Wildman–Crippen LogP) is 5.44. The van der Waals surface area contributed by atoms with Crippen LogP contribution in [0.3, 0.4) is 0 Å². The Hall–Kier alpha value is -2.34. The van der Waals surface area contributed by atoms with Gasteiger partial charge in [-0.1, -0.05) is 42.1 Å². The zero-order valence-corrected chi connectivity index (χ0v) is 14.3. The van der Waals surface area contributed by atoms with Gasteiger partial charge in [-0.2, -0.15) is 8.78 Å². The third-order valence-corrected chi connectivity index (χ3v) is 4.69. The number of benzene rings is 2. The summed E-state index contributed by atoms with van der Waals surface area (Å²) in [6.45, 7) is 0. The third kappa shape index (κ3) is 4.60. The van der Waals surface area contributed by atoms with Crippen molar-refractivity contribution < 1.29 is 13.6 Å². The summed E-state index contributed by atoms with van der Waals surface area (Å²) in [6, 6.07) is 14.7. The number of thioether (sulfide) groups is 1. The van der Waals surface area contributed by atoms with Gasteiger partial charge in [0.05, 0.1) is 5.69 Å². The molecule has 0 radical (unpaired) electrons. The molecule has 3 nitrogen and oxygen atoms in total. The molecule has 0 saturated heterocycles. The number of H-pyrrole nitrogens is 1. The molecule has 0 fully saturated rings. The highest BCUT2D eigenvalue weighted by molar-refractivity contribution is 7.99. The van der Waals surface area contributed by atoms with E-state index in [4.69, 9.17) is 0 Å². The molecule has 0 saturated carbocycles. The van der Waals surface area contributed by atoms with Crippen LogP contribution in [-0.4, -0.2) is 16.6 Å². The van der Waals surface area contributed by atoms with Crippen LogP contribution in [-0.2, 0) is 11.2 Å². The van der Waals surface area contributed by atoms with E-state index in [0.29, 0.717) is 35.2 Å². The number of anilines is 1. The van der Waals surface area contributed by atoms with Crippen molar-refractivity contribution in [2.24, 2.45) is 0 Å². The lowest BCUT2D eigenvalue weighted by atomic mass is 10.1. The minimum atomic E-state index is -2.51. The molecule has 0 aliphatic rings. The Morgan fingerprint density at radius 2 is 1.88 bits per heavy atom. The van der Waals surface area contributed by atoms with Crippen LogP contribution in [0.1, 0.15) is 18.4 Å². The number of carbonyl (C=O) groups excluding carboxylic acids is 1. The van der Waals surface area contributed by atoms with Gasteiger partial charge in [0.25, 0.3) is 5.76 Å². The molecule has 6 heteroatoms. The average Bonchev–Trinajstić information content (AvgIpc) is 3.00. The van der Waals surface area contributed by atoms with Crippen molar-refractivity contribution in [2.75, 3.05) is 5.32 Å². The predicted molar refractivity (Wildman–Crippen MR) is 98.2 cm³/mol. The quantitative estimate of drug-likeness (QED) is 0.551. The minimum absolute atomic E-state index is 0.165. The molecule has 2 aromatic carbocycles. The third-order valence-electron chi connectivity index (χ3n) is 3.90. The SMILES string of the molecule is O=C(CCCc1c[nH]c2ccccc12)Nc1ccccc1SC(F)F. The highest BCUT2D eigenvalue weighted by atomic mass is 32.2. The number of rotatable bonds is 7. The monoisotopic (exact) mass is 360 g/mol. The molecule has 0 unspecified atom stereocenters. The number of fused-ring (bicyclic) bond motifs is 1. The summed E-state index contributed by atoms with van der Waals surface area (Å²) in [6.07, 6.45) is 3.78. The maximum atomic E-state index is 12.6. The molecule has 1 aromatic heterocycles. The van der Waals surface area contributed by atoms with Crippen molar-refractivity contribution in [3.8, 4) is 0 Å². The first-order valence-corrected chi connectivity index (χ1v) is 8.90. The van der Waals surface area contributed by atoms with Crippen molar-refractivity contribution in [2.45, 2.75) is 29.9 Å².